The largest absolute Gasteiger partial charge is 0.312 e. The fraction of sp³-hybridized carbons (Fsp3) is 1.00. The molecule has 0 fully saturated rings. The van der Waals surface area contributed by atoms with Crippen molar-refractivity contribution >= 4 is 0 Å². The lowest BCUT2D eigenvalue weighted by Gasteiger charge is -2.25. The Hall–Kier alpha value is -2.52. The van der Waals surface area contributed by atoms with Crippen LogP contribution in [-0.4, -0.2) is 151 Å². The average Bonchev–Trinajstić information content (AvgIpc) is 3.23. The number of hydrogen-bond donors (Lipinski definition) is 0. The molecule has 0 spiro atoms. The van der Waals surface area contributed by atoms with Crippen molar-refractivity contribution in [2.45, 2.75) is 245 Å². The summed E-state index contributed by atoms with van der Waals surface area (Å²) in [6.07, 6.45) is -20.4. The van der Waals surface area contributed by atoms with Crippen LogP contribution in [0.2, 0.25) is 0 Å². The Bertz CT molecular complexity index is 1230. The number of alkyl halides is 36. The lowest BCUT2D eigenvalue weighted by atomic mass is 10.0. The zero-order valence-corrected chi connectivity index (χ0v) is 48.7. The normalized spacial score (nSPS) is 12.6. The second-order valence-corrected chi connectivity index (χ2v) is 16.2. The van der Waals surface area contributed by atoms with E-state index in [1.807, 2.05) is 0 Å². The van der Waals surface area contributed by atoms with Crippen molar-refractivity contribution in [2.75, 3.05) is 66.7 Å². The lowest BCUT2D eigenvalue weighted by molar-refractivity contribution is -0.209. The first kappa shape index (κ1) is 109. The molecule has 2 atom stereocenters. The van der Waals surface area contributed by atoms with Crippen LogP contribution in [-0.2, 0) is 0 Å². The van der Waals surface area contributed by atoms with Crippen LogP contribution in [0.4, 0.5) is 158 Å². The molecule has 0 bridgehead atoms. The maximum Gasteiger partial charge on any atom is 0.312 e. The topological polar surface area (TPSA) is 0 Å². The van der Waals surface area contributed by atoms with Gasteiger partial charge in [-0.1, -0.05) is 13.8 Å². The molecular formula is C48H84F36. The van der Waals surface area contributed by atoms with Crippen molar-refractivity contribution in [3.8, 4) is 0 Å². The quantitative estimate of drug-likeness (QED) is 0.0895. The first-order valence-electron chi connectivity index (χ1n) is 24.5. The zero-order valence-electron chi connectivity index (χ0n) is 48.7. The van der Waals surface area contributed by atoms with E-state index in [0.717, 1.165) is 0 Å². The van der Waals surface area contributed by atoms with E-state index in [9.17, 15) is 158 Å². The number of hydrogen-bond acceptors (Lipinski definition) is 0. The maximum atomic E-state index is 12.6. The van der Waals surface area contributed by atoms with E-state index in [-0.39, 0.29) is 67.2 Å². The second kappa shape index (κ2) is 58.2. The molecule has 0 amide bonds. The highest BCUT2D eigenvalue weighted by Gasteiger charge is 2.54. The van der Waals surface area contributed by atoms with Crippen molar-refractivity contribution in [2.24, 2.45) is 0 Å². The van der Waals surface area contributed by atoms with Gasteiger partial charge in [-0.2, -0.15) is 26.3 Å². The van der Waals surface area contributed by atoms with Crippen LogP contribution in [0.5, 0.6) is 0 Å². The van der Waals surface area contributed by atoms with Gasteiger partial charge in [-0.25, -0.2) is 87.8 Å². The van der Waals surface area contributed by atoms with Crippen LogP contribution >= 0.6 is 0 Å². The minimum Gasteiger partial charge on any atom is -0.251 e. The summed E-state index contributed by atoms with van der Waals surface area (Å²) in [5.41, 5.74) is 0. The van der Waals surface area contributed by atoms with E-state index in [0.29, 0.717) is 13.8 Å². The van der Waals surface area contributed by atoms with E-state index >= 15 is 0 Å². The molecule has 0 heterocycles. The van der Waals surface area contributed by atoms with E-state index in [1.54, 1.807) is 0 Å². The maximum absolute atomic E-state index is 12.6. The van der Waals surface area contributed by atoms with Gasteiger partial charge in [0.05, 0.1) is 73.2 Å². The zero-order chi connectivity index (χ0) is 71.1. The van der Waals surface area contributed by atoms with Crippen molar-refractivity contribution in [1.29, 1.82) is 0 Å². The van der Waals surface area contributed by atoms with Gasteiger partial charge < -0.3 is 0 Å². The highest BCUT2D eigenvalue weighted by molar-refractivity contribution is 4.85. The minimum atomic E-state index is -4.61. The van der Waals surface area contributed by atoms with Gasteiger partial charge in [0.25, 0.3) is 11.8 Å². The molecular weight excluding hydrogens is 1260 g/mol. The van der Waals surface area contributed by atoms with Crippen molar-refractivity contribution in [3.63, 3.8) is 0 Å². The third kappa shape index (κ3) is 95.8. The van der Waals surface area contributed by atoms with Crippen LogP contribution in [0.3, 0.4) is 0 Å². The van der Waals surface area contributed by atoms with Crippen molar-refractivity contribution < 1.29 is 158 Å². The first-order valence-corrected chi connectivity index (χ1v) is 24.5. The van der Waals surface area contributed by atoms with Crippen LogP contribution < -0.4 is 0 Å². The molecule has 0 aromatic carbocycles. The van der Waals surface area contributed by atoms with Gasteiger partial charge in [0.15, 0.2) is 0 Å². The summed E-state index contributed by atoms with van der Waals surface area (Å²) in [4.78, 5) is 0. The third-order valence-corrected chi connectivity index (χ3v) is 7.31. The van der Waals surface area contributed by atoms with E-state index in [1.165, 1.54) is 55.4 Å². The van der Waals surface area contributed by atoms with Crippen LogP contribution in [0.1, 0.15) is 161 Å². The van der Waals surface area contributed by atoms with E-state index < -0.39 is 175 Å². The summed E-state index contributed by atoms with van der Waals surface area (Å²) < 4.78 is 420. The monoisotopic (exact) mass is 1340 g/mol. The van der Waals surface area contributed by atoms with Gasteiger partial charge in [-0.15, -0.1) is 0 Å². The molecule has 0 aliphatic rings. The van der Waals surface area contributed by atoms with Crippen LogP contribution in [0.15, 0.2) is 0 Å². The van der Waals surface area contributed by atoms with Crippen molar-refractivity contribution in [1.82, 2.24) is 0 Å². The minimum absolute atomic E-state index is 0.0721. The molecule has 0 aliphatic heterocycles. The Balaban J connectivity index is -0.0000000703. The first-order chi connectivity index (χ1) is 37.2. The summed E-state index contributed by atoms with van der Waals surface area (Å²) in [5.74, 6) is -41.9. The van der Waals surface area contributed by atoms with Crippen LogP contribution in [0.25, 0.3) is 0 Å². The predicted octanol–water partition coefficient (Wildman–Crippen LogP) is 24.0. The van der Waals surface area contributed by atoms with Gasteiger partial charge in [-0.3, -0.25) is 43.9 Å². The molecule has 84 heavy (non-hydrogen) atoms. The Labute approximate surface area is 469 Å². The third-order valence-electron chi connectivity index (χ3n) is 7.31. The van der Waals surface area contributed by atoms with Gasteiger partial charge in [-0.05, 0) is 55.4 Å². The molecule has 0 aliphatic carbocycles. The molecule has 0 N–H and O–H groups in total. The van der Waals surface area contributed by atoms with Crippen LogP contribution in [0, 0.1) is 0 Å². The average molecular weight is 1350 g/mol. The lowest BCUT2D eigenvalue weighted by Crippen LogP contribution is -2.40. The summed E-state index contributed by atoms with van der Waals surface area (Å²) in [6.45, 7) is 5.64. The number of halogens is 36. The molecule has 2 unspecified atom stereocenters. The SMILES string of the molecule is CC(F)(F)C(F)(F)CCF.CC(F)(F)C(F)(F)CCF.CC(F)(F)CC(F)CC(F)(F)C(C)(F)F.CCC(F)(F)CC(F)CC(C)(F)F.CCC(F)(F)CCF.CCF.CCF.CCF.CCF.CCF.CCF.FCCC(F)(F)CC(F)F. The Kier molecular flexibility index (Phi) is 75.7. The molecule has 528 valence electrons. The molecule has 0 rings (SSSR count). The summed E-state index contributed by atoms with van der Waals surface area (Å²) >= 11 is 0. The summed E-state index contributed by atoms with van der Waals surface area (Å²) in [6, 6.07) is 0. The molecule has 0 aromatic heterocycles. The second-order valence-electron chi connectivity index (χ2n) is 16.2. The smallest absolute Gasteiger partial charge is 0.251 e. The fourth-order valence-corrected chi connectivity index (χ4v) is 3.31. The van der Waals surface area contributed by atoms with E-state index in [2.05, 4.69) is 0 Å². The van der Waals surface area contributed by atoms with Gasteiger partial charge in [0, 0.05) is 85.0 Å². The highest BCUT2D eigenvalue weighted by Crippen LogP contribution is 2.40. The molecule has 0 aromatic rings. The molecule has 0 saturated heterocycles. The fourth-order valence-electron chi connectivity index (χ4n) is 3.31. The van der Waals surface area contributed by atoms with Gasteiger partial charge in [0.1, 0.15) is 12.3 Å². The summed E-state index contributed by atoms with van der Waals surface area (Å²) in [7, 11) is 0. The van der Waals surface area contributed by atoms with E-state index in [4.69, 9.17) is 0 Å². The number of rotatable bonds is 23. The van der Waals surface area contributed by atoms with Gasteiger partial charge >= 0.3 is 35.5 Å². The van der Waals surface area contributed by atoms with Crippen molar-refractivity contribution in [3.05, 3.63) is 0 Å². The highest BCUT2D eigenvalue weighted by atomic mass is 19.3. The Morgan fingerprint density at radius 3 is 0.595 bits per heavy atom. The molecule has 36 heteroatoms. The molecule has 0 nitrogen and oxygen atoms in total. The summed E-state index contributed by atoms with van der Waals surface area (Å²) in [5, 5.41) is 0. The Morgan fingerprint density at radius 1 is 0.250 bits per heavy atom. The predicted molar refractivity (Wildman–Crippen MR) is 255 cm³/mol. The molecule has 0 radical (unpaired) electrons. The molecule has 0 saturated carbocycles. The standard InChI is InChI=1S/C8H11F7.C8H13F5.3C5H7F5.C5H9F3.6C2H5F/c1-6(10,11)3-5(9)4-8(14,15)7(2,12)13;1-3-8(12,13)5-6(9)4-7(2,10)11;2*1-4(7,8)5(9,10)2-3-6;6-2-1-5(9,10)3-4(7)8;1-2-5(7,8)3-4-6;6*1-2-3/h5H,3-4H2,1-2H3;6H,3-5H2,1-2H3;2*2-3H2,1H3;4H,1-3H2;2-4H2,1H3;6*2H2,1H3. The van der Waals surface area contributed by atoms with Gasteiger partial charge in [0.2, 0.25) is 24.2 Å². The Morgan fingerprint density at radius 2 is 0.452 bits per heavy atom.